The molecule has 1 N–H and O–H groups in total. The molecule has 0 saturated carbocycles. The molecule has 0 bridgehead atoms. The molecule has 0 unspecified atom stereocenters. The van der Waals surface area contributed by atoms with E-state index in [4.69, 9.17) is 9.26 Å². The van der Waals surface area contributed by atoms with Crippen LogP contribution in [-0.2, 0) is 11.3 Å². The van der Waals surface area contributed by atoms with E-state index in [9.17, 15) is 4.39 Å². The summed E-state index contributed by atoms with van der Waals surface area (Å²) < 4.78 is 24.3. The third kappa shape index (κ3) is 3.73. The maximum absolute atomic E-state index is 13.9. The molecule has 1 aliphatic rings. The van der Waals surface area contributed by atoms with Crippen LogP contribution < -0.4 is 10.2 Å². The fourth-order valence-electron chi connectivity index (χ4n) is 2.17. The van der Waals surface area contributed by atoms with Gasteiger partial charge in [0.05, 0.1) is 26.0 Å². The lowest BCUT2D eigenvalue weighted by molar-refractivity contribution is 0.122. The van der Waals surface area contributed by atoms with E-state index in [1.807, 2.05) is 18.7 Å². The topological polar surface area (TPSA) is 89.2 Å². The van der Waals surface area contributed by atoms with Crippen molar-refractivity contribution in [3.8, 4) is 0 Å². The molecule has 23 heavy (non-hydrogen) atoms. The van der Waals surface area contributed by atoms with Gasteiger partial charge in [0.2, 0.25) is 11.8 Å². The zero-order chi connectivity index (χ0) is 16.2. The van der Waals surface area contributed by atoms with Gasteiger partial charge in [0.25, 0.3) is 0 Å². The van der Waals surface area contributed by atoms with Crippen molar-refractivity contribution in [2.24, 2.45) is 0 Å². The van der Waals surface area contributed by atoms with Gasteiger partial charge in [-0.1, -0.05) is 19.0 Å². The normalized spacial score (nSPS) is 15.2. The molecular weight excluding hydrogens is 303 g/mol. The molecule has 9 heteroatoms. The zero-order valence-electron chi connectivity index (χ0n) is 13.1. The molecule has 1 saturated heterocycles. The Labute approximate surface area is 133 Å². The van der Waals surface area contributed by atoms with Crippen LogP contribution in [0.5, 0.6) is 0 Å². The van der Waals surface area contributed by atoms with E-state index < -0.39 is 5.82 Å². The van der Waals surface area contributed by atoms with E-state index in [0.717, 1.165) is 6.20 Å². The Hall–Kier alpha value is -2.29. The van der Waals surface area contributed by atoms with E-state index >= 15 is 0 Å². The fourth-order valence-corrected chi connectivity index (χ4v) is 2.17. The van der Waals surface area contributed by atoms with Gasteiger partial charge in [0.15, 0.2) is 17.5 Å². The highest BCUT2D eigenvalue weighted by Crippen LogP contribution is 2.19. The highest BCUT2D eigenvalue weighted by Gasteiger charge is 2.18. The number of morpholine rings is 1. The highest BCUT2D eigenvalue weighted by atomic mass is 19.1. The van der Waals surface area contributed by atoms with Gasteiger partial charge >= 0.3 is 0 Å². The number of nitrogens with zero attached hydrogens (tertiary/aromatic N) is 5. The summed E-state index contributed by atoms with van der Waals surface area (Å²) in [7, 11) is 0. The molecule has 0 radical (unpaired) electrons. The number of rotatable bonds is 5. The molecule has 1 fully saturated rings. The Morgan fingerprint density at radius 1 is 1.30 bits per heavy atom. The van der Waals surface area contributed by atoms with Crippen molar-refractivity contribution >= 4 is 11.8 Å². The summed E-state index contributed by atoms with van der Waals surface area (Å²) in [5.41, 5.74) is 0. The third-order valence-electron chi connectivity index (χ3n) is 3.42. The zero-order valence-corrected chi connectivity index (χ0v) is 13.1. The van der Waals surface area contributed by atoms with Crippen molar-refractivity contribution in [3.63, 3.8) is 0 Å². The fraction of sp³-hybridized carbons (Fsp3) is 0.571. The minimum absolute atomic E-state index is 0.172. The van der Waals surface area contributed by atoms with Crippen LogP contribution in [0.1, 0.15) is 31.5 Å². The highest BCUT2D eigenvalue weighted by molar-refractivity contribution is 5.44. The first-order valence-corrected chi connectivity index (χ1v) is 7.55. The second-order valence-electron chi connectivity index (χ2n) is 5.52. The van der Waals surface area contributed by atoms with Crippen molar-refractivity contribution in [1.82, 2.24) is 20.1 Å². The summed E-state index contributed by atoms with van der Waals surface area (Å²) >= 11 is 0. The van der Waals surface area contributed by atoms with Crippen LogP contribution >= 0.6 is 0 Å². The summed E-state index contributed by atoms with van der Waals surface area (Å²) in [5.74, 6) is 1.42. The number of halogens is 1. The SMILES string of the molecule is CC(C)c1nc(CNc2ncc(F)c(N3CCOCC3)n2)no1. The largest absolute Gasteiger partial charge is 0.378 e. The number of anilines is 2. The summed E-state index contributed by atoms with van der Waals surface area (Å²) in [6.07, 6.45) is 1.16. The Bertz CT molecular complexity index is 656. The van der Waals surface area contributed by atoms with Crippen molar-refractivity contribution < 1.29 is 13.7 Å². The molecule has 2 aromatic rings. The molecule has 3 rings (SSSR count). The van der Waals surface area contributed by atoms with E-state index in [0.29, 0.717) is 50.5 Å². The number of ether oxygens (including phenoxy) is 1. The number of hydrogen-bond donors (Lipinski definition) is 1. The smallest absolute Gasteiger partial charge is 0.229 e. The van der Waals surface area contributed by atoms with Crippen LogP contribution in [0.15, 0.2) is 10.7 Å². The minimum atomic E-state index is -0.445. The number of hydrogen-bond acceptors (Lipinski definition) is 8. The minimum Gasteiger partial charge on any atom is -0.378 e. The molecule has 3 heterocycles. The van der Waals surface area contributed by atoms with Crippen LogP contribution in [0.25, 0.3) is 0 Å². The summed E-state index contributed by atoms with van der Waals surface area (Å²) in [6, 6.07) is 0. The first-order valence-electron chi connectivity index (χ1n) is 7.55. The molecule has 0 spiro atoms. The Morgan fingerprint density at radius 3 is 2.78 bits per heavy atom. The lowest BCUT2D eigenvalue weighted by Crippen LogP contribution is -2.37. The molecule has 2 aromatic heterocycles. The number of aromatic nitrogens is 4. The molecule has 0 amide bonds. The molecule has 0 aromatic carbocycles. The summed E-state index contributed by atoms with van der Waals surface area (Å²) in [6.45, 7) is 6.60. The van der Waals surface area contributed by atoms with Gasteiger partial charge in [-0.05, 0) is 0 Å². The van der Waals surface area contributed by atoms with E-state index in [1.54, 1.807) is 0 Å². The lowest BCUT2D eigenvalue weighted by Gasteiger charge is -2.28. The molecule has 1 aliphatic heterocycles. The van der Waals surface area contributed by atoms with Crippen LogP contribution in [0.3, 0.4) is 0 Å². The van der Waals surface area contributed by atoms with Crippen molar-refractivity contribution in [3.05, 3.63) is 23.7 Å². The average Bonchev–Trinajstić information content (AvgIpc) is 3.04. The summed E-state index contributed by atoms with van der Waals surface area (Å²) in [4.78, 5) is 14.3. The van der Waals surface area contributed by atoms with E-state index in [2.05, 4.69) is 25.4 Å². The van der Waals surface area contributed by atoms with Crippen LogP contribution in [-0.4, -0.2) is 46.4 Å². The van der Waals surface area contributed by atoms with Crippen LogP contribution in [0.2, 0.25) is 0 Å². The van der Waals surface area contributed by atoms with Gasteiger partial charge in [-0.2, -0.15) is 9.97 Å². The Morgan fingerprint density at radius 2 is 2.09 bits per heavy atom. The molecule has 0 atom stereocenters. The van der Waals surface area contributed by atoms with Crippen molar-refractivity contribution in [1.29, 1.82) is 0 Å². The molecular formula is C14H19FN6O2. The van der Waals surface area contributed by atoms with Gasteiger partial charge in [-0.15, -0.1) is 0 Å². The van der Waals surface area contributed by atoms with Crippen LogP contribution in [0.4, 0.5) is 16.2 Å². The predicted octanol–water partition coefficient (Wildman–Crippen LogP) is 1.57. The molecule has 124 valence electrons. The maximum Gasteiger partial charge on any atom is 0.229 e. The quantitative estimate of drug-likeness (QED) is 0.887. The molecule has 8 nitrogen and oxygen atoms in total. The van der Waals surface area contributed by atoms with Crippen molar-refractivity contribution in [2.45, 2.75) is 26.3 Å². The first kappa shape index (κ1) is 15.6. The predicted molar refractivity (Wildman–Crippen MR) is 80.7 cm³/mol. The van der Waals surface area contributed by atoms with E-state index in [1.165, 1.54) is 0 Å². The van der Waals surface area contributed by atoms with Crippen LogP contribution in [0, 0.1) is 5.82 Å². The molecule has 0 aliphatic carbocycles. The van der Waals surface area contributed by atoms with Gasteiger partial charge in [0.1, 0.15) is 0 Å². The van der Waals surface area contributed by atoms with E-state index in [-0.39, 0.29) is 11.7 Å². The number of nitrogens with one attached hydrogen (secondary N) is 1. The van der Waals surface area contributed by atoms with Gasteiger partial charge in [0, 0.05) is 19.0 Å². The summed E-state index contributed by atoms with van der Waals surface area (Å²) in [5, 5.41) is 6.87. The monoisotopic (exact) mass is 322 g/mol. The average molecular weight is 322 g/mol. The second-order valence-corrected chi connectivity index (χ2v) is 5.52. The van der Waals surface area contributed by atoms with Gasteiger partial charge in [-0.3, -0.25) is 0 Å². The lowest BCUT2D eigenvalue weighted by atomic mass is 10.2. The third-order valence-corrected chi connectivity index (χ3v) is 3.42. The standard InChI is InChI=1S/C14H19FN6O2/c1-9(2)13-18-11(20-23-13)8-17-14-16-7-10(15)12(19-14)21-3-5-22-6-4-21/h7,9H,3-6,8H2,1-2H3,(H,16,17,19). The van der Waals surface area contributed by atoms with Gasteiger partial charge < -0.3 is 19.5 Å². The Balaban J connectivity index is 1.67. The van der Waals surface area contributed by atoms with Crippen molar-refractivity contribution in [2.75, 3.05) is 36.5 Å². The Kier molecular flexibility index (Phi) is 4.65. The first-order chi connectivity index (χ1) is 11.1. The second kappa shape index (κ2) is 6.86. The maximum atomic E-state index is 13.9. The van der Waals surface area contributed by atoms with Gasteiger partial charge in [-0.25, -0.2) is 9.37 Å².